The van der Waals surface area contributed by atoms with Crippen molar-refractivity contribution in [1.82, 2.24) is 4.90 Å². The van der Waals surface area contributed by atoms with Crippen molar-refractivity contribution in [3.63, 3.8) is 0 Å². The molecule has 1 aliphatic carbocycles. The number of nitrogens with zero attached hydrogens (tertiary/aromatic N) is 1. The zero-order valence-corrected chi connectivity index (χ0v) is 16.2. The van der Waals surface area contributed by atoms with Crippen LogP contribution in [0, 0.1) is 0 Å². The van der Waals surface area contributed by atoms with E-state index in [0.29, 0.717) is 18.8 Å². The van der Waals surface area contributed by atoms with Crippen LogP contribution in [0.2, 0.25) is 0 Å². The van der Waals surface area contributed by atoms with Crippen LogP contribution < -0.4 is 4.74 Å². The highest BCUT2D eigenvalue weighted by molar-refractivity contribution is 7.80. The molecule has 1 saturated carbocycles. The Labute approximate surface area is 166 Å². The summed E-state index contributed by atoms with van der Waals surface area (Å²) in [5.74, 6) is 0.702. The second kappa shape index (κ2) is 10.1. The van der Waals surface area contributed by atoms with Crippen molar-refractivity contribution in [3.05, 3.63) is 66.2 Å². The Hall–Kier alpha value is -2.40. The average molecular weight is 384 g/mol. The van der Waals surface area contributed by atoms with Crippen LogP contribution in [0.4, 0.5) is 0 Å². The third kappa shape index (κ3) is 5.54. The van der Waals surface area contributed by atoms with E-state index in [2.05, 4.69) is 0 Å². The number of carbonyl (C=O) groups is 1. The van der Waals surface area contributed by atoms with Gasteiger partial charge in [-0.15, -0.1) is 0 Å². The molecule has 0 aromatic heterocycles. The molecule has 0 atom stereocenters. The minimum absolute atomic E-state index is 0.0866. The van der Waals surface area contributed by atoms with E-state index in [4.69, 9.17) is 21.7 Å². The second-order valence-electron chi connectivity index (χ2n) is 6.61. The van der Waals surface area contributed by atoms with Gasteiger partial charge in [-0.2, -0.15) is 0 Å². The Kier molecular flexibility index (Phi) is 7.22. The van der Waals surface area contributed by atoms with Gasteiger partial charge in [0.15, 0.2) is 0 Å². The Morgan fingerprint density at radius 2 is 1.56 bits per heavy atom. The first-order chi connectivity index (χ1) is 13.3. The Morgan fingerprint density at radius 3 is 2.22 bits per heavy atom. The van der Waals surface area contributed by atoms with E-state index >= 15 is 0 Å². The van der Waals surface area contributed by atoms with Gasteiger partial charge in [0.25, 0.3) is 11.1 Å². The minimum Gasteiger partial charge on any atom is -0.490 e. The molecule has 0 unspecified atom stereocenters. The van der Waals surface area contributed by atoms with Gasteiger partial charge in [-0.25, -0.2) is 0 Å². The zero-order chi connectivity index (χ0) is 18.9. The highest BCUT2D eigenvalue weighted by atomic mass is 32.1. The molecule has 0 bridgehead atoms. The topological polar surface area (TPSA) is 38.8 Å². The largest absolute Gasteiger partial charge is 0.490 e. The van der Waals surface area contributed by atoms with Gasteiger partial charge in [0, 0.05) is 11.6 Å². The van der Waals surface area contributed by atoms with Gasteiger partial charge < -0.3 is 9.47 Å². The summed E-state index contributed by atoms with van der Waals surface area (Å²) in [6.07, 6.45) is 5.36. The average Bonchev–Trinajstić information content (AvgIpc) is 2.73. The maximum atomic E-state index is 13.1. The molecular weight excluding hydrogens is 358 g/mol. The maximum absolute atomic E-state index is 13.1. The molecule has 3 rings (SSSR count). The van der Waals surface area contributed by atoms with E-state index in [1.165, 1.54) is 6.42 Å². The van der Waals surface area contributed by atoms with Crippen LogP contribution in [-0.4, -0.2) is 35.2 Å². The van der Waals surface area contributed by atoms with Crippen LogP contribution in [0.5, 0.6) is 5.75 Å². The minimum atomic E-state index is -0.0866. The van der Waals surface area contributed by atoms with Crippen molar-refractivity contribution in [1.29, 1.82) is 0 Å². The third-order valence-electron chi connectivity index (χ3n) is 4.70. The van der Waals surface area contributed by atoms with Crippen molar-refractivity contribution >= 4 is 23.3 Å². The summed E-state index contributed by atoms with van der Waals surface area (Å²) in [7, 11) is 0. The zero-order valence-electron chi connectivity index (χ0n) is 15.4. The van der Waals surface area contributed by atoms with E-state index < -0.39 is 0 Å². The Bertz CT molecular complexity index is 730. The van der Waals surface area contributed by atoms with Crippen LogP contribution >= 0.6 is 12.2 Å². The van der Waals surface area contributed by atoms with Crippen LogP contribution in [0.15, 0.2) is 60.7 Å². The molecule has 27 heavy (non-hydrogen) atoms. The summed E-state index contributed by atoms with van der Waals surface area (Å²) in [6.45, 7) is 0.682. The molecule has 0 spiro atoms. The fourth-order valence-corrected chi connectivity index (χ4v) is 3.65. The summed E-state index contributed by atoms with van der Waals surface area (Å²) in [6, 6.07) is 18.9. The monoisotopic (exact) mass is 383 g/mol. The van der Waals surface area contributed by atoms with Gasteiger partial charge in [-0.3, -0.25) is 9.69 Å². The number of hydrogen-bond acceptors (Lipinski definition) is 4. The quantitative estimate of drug-likeness (QED) is 0.528. The van der Waals surface area contributed by atoms with Crippen LogP contribution in [0.25, 0.3) is 0 Å². The van der Waals surface area contributed by atoms with Gasteiger partial charge in [0.1, 0.15) is 19.0 Å². The first kappa shape index (κ1) is 19.4. The summed E-state index contributed by atoms with van der Waals surface area (Å²) >= 11 is 5.49. The molecular formula is C22H25NO3S. The molecule has 0 radical (unpaired) electrons. The van der Waals surface area contributed by atoms with Crippen molar-refractivity contribution in [3.8, 4) is 5.75 Å². The van der Waals surface area contributed by atoms with E-state index in [9.17, 15) is 4.79 Å². The maximum Gasteiger partial charge on any atom is 0.266 e. The molecule has 2 aromatic carbocycles. The first-order valence-electron chi connectivity index (χ1n) is 9.49. The number of amides is 1. The van der Waals surface area contributed by atoms with E-state index in [0.717, 1.165) is 31.4 Å². The Morgan fingerprint density at radius 1 is 0.926 bits per heavy atom. The van der Waals surface area contributed by atoms with E-state index in [1.54, 1.807) is 4.90 Å². The lowest BCUT2D eigenvalue weighted by Gasteiger charge is -2.33. The number of thiocarbonyl (C=S) groups is 1. The molecule has 2 aromatic rings. The highest BCUT2D eigenvalue weighted by Crippen LogP contribution is 2.25. The van der Waals surface area contributed by atoms with E-state index in [1.807, 2.05) is 60.7 Å². The first-order valence-corrected chi connectivity index (χ1v) is 9.90. The molecule has 0 saturated heterocycles. The van der Waals surface area contributed by atoms with Crippen molar-refractivity contribution in [2.45, 2.75) is 38.1 Å². The molecule has 1 aliphatic rings. The number of benzene rings is 2. The molecule has 0 aliphatic heterocycles. The fraction of sp³-hybridized carbons (Fsp3) is 0.364. The predicted molar refractivity (Wildman–Crippen MR) is 110 cm³/mol. The molecule has 1 amide bonds. The molecule has 142 valence electrons. The number of para-hydroxylation sites is 1. The highest BCUT2D eigenvalue weighted by Gasteiger charge is 2.30. The number of ether oxygens (including phenoxy) is 2. The Balaban J connectivity index is 1.61. The number of hydrogen-bond donors (Lipinski definition) is 0. The third-order valence-corrected chi connectivity index (χ3v) is 5.01. The second-order valence-corrected chi connectivity index (χ2v) is 6.96. The van der Waals surface area contributed by atoms with Crippen LogP contribution in [0.1, 0.15) is 42.5 Å². The van der Waals surface area contributed by atoms with Crippen molar-refractivity contribution in [2.24, 2.45) is 0 Å². The van der Waals surface area contributed by atoms with Gasteiger partial charge in [-0.05, 0) is 49.3 Å². The normalized spacial score (nSPS) is 14.4. The lowest BCUT2D eigenvalue weighted by Crippen LogP contribution is -2.46. The van der Waals surface area contributed by atoms with Gasteiger partial charge in [-0.1, -0.05) is 55.7 Å². The lowest BCUT2D eigenvalue weighted by molar-refractivity contribution is 0.0717. The van der Waals surface area contributed by atoms with E-state index in [-0.39, 0.29) is 17.1 Å². The van der Waals surface area contributed by atoms with Gasteiger partial charge in [0.2, 0.25) is 0 Å². The number of rotatable bonds is 6. The molecule has 0 N–H and O–H groups in total. The van der Waals surface area contributed by atoms with Gasteiger partial charge >= 0.3 is 0 Å². The predicted octanol–water partition coefficient (Wildman–Crippen LogP) is 4.84. The van der Waals surface area contributed by atoms with Crippen molar-refractivity contribution in [2.75, 3.05) is 13.2 Å². The summed E-state index contributed by atoms with van der Waals surface area (Å²) < 4.78 is 11.4. The van der Waals surface area contributed by atoms with Crippen LogP contribution in [-0.2, 0) is 4.74 Å². The molecule has 1 fully saturated rings. The number of carbonyl (C=O) groups excluding carboxylic acids is 1. The standard InChI is InChI=1S/C22H25NO3S/c24-21(18-10-4-1-5-11-18)23(19-12-6-2-7-13-19)22(27)26-17-16-25-20-14-8-3-9-15-20/h1,3-5,8-11,14-15,19H,2,6-7,12-13,16-17H2. The van der Waals surface area contributed by atoms with Crippen LogP contribution in [0.3, 0.4) is 0 Å². The SMILES string of the molecule is O=C(c1ccccc1)N(C(=S)OCCOc1ccccc1)C1CCCCC1. The summed E-state index contributed by atoms with van der Waals surface area (Å²) in [5, 5.41) is 0.243. The molecule has 4 nitrogen and oxygen atoms in total. The molecule has 5 heteroatoms. The molecule has 0 heterocycles. The smallest absolute Gasteiger partial charge is 0.266 e. The van der Waals surface area contributed by atoms with Gasteiger partial charge in [0.05, 0.1) is 0 Å². The van der Waals surface area contributed by atoms with Crippen molar-refractivity contribution < 1.29 is 14.3 Å². The lowest BCUT2D eigenvalue weighted by atomic mass is 9.94. The fourth-order valence-electron chi connectivity index (χ4n) is 3.33. The summed E-state index contributed by atoms with van der Waals surface area (Å²) in [5.41, 5.74) is 0.634. The summed E-state index contributed by atoms with van der Waals surface area (Å²) in [4.78, 5) is 14.7.